The van der Waals surface area contributed by atoms with Crippen LogP contribution in [0.25, 0.3) is 0 Å². The maximum absolute atomic E-state index is 10.5. The summed E-state index contributed by atoms with van der Waals surface area (Å²) in [4.78, 5) is 10.5. The molecule has 0 amide bonds. The molecule has 0 aliphatic carbocycles. The van der Waals surface area contributed by atoms with E-state index in [4.69, 9.17) is 19.3 Å². The van der Waals surface area contributed by atoms with Crippen LogP contribution in [-0.2, 0) is 14.3 Å². The van der Waals surface area contributed by atoms with Gasteiger partial charge >= 0.3 is 5.97 Å². The highest BCUT2D eigenvalue weighted by Gasteiger charge is 2.68. The van der Waals surface area contributed by atoms with Gasteiger partial charge in [-0.3, -0.25) is 4.79 Å². The van der Waals surface area contributed by atoms with E-state index < -0.39 is 5.97 Å². The Morgan fingerprint density at radius 1 is 1.04 bits per heavy atom. The van der Waals surface area contributed by atoms with Crippen LogP contribution in [0.5, 0.6) is 5.75 Å². The number of carbonyl (C=O) groups is 1. The maximum Gasteiger partial charge on any atom is 0.303 e. The first-order valence-electron chi connectivity index (χ1n) is 9.09. The number of unbranched alkanes of at least 4 members (excludes halogenated alkanes) is 1. The molecule has 0 unspecified atom stereocenters. The van der Waals surface area contributed by atoms with E-state index in [-0.39, 0.29) is 30.8 Å². The minimum atomic E-state index is -0.732. The molecule has 6 atom stereocenters. The van der Waals surface area contributed by atoms with Crippen LogP contribution in [0.1, 0.15) is 25.7 Å². The zero-order valence-corrected chi connectivity index (χ0v) is 14.1. The topological polar surface area (TPSA) is 68.3 Å². The summed E-state index contributed by atoms with van der Waals surface area (Å²) in [7, 11) is 0. The zero-order valence-electron chi connectivity index (χ0n) is 14.1. The van der Waals surface area contributed by atoms with Gasteiger partial charge in [-0.15, -0.1) is 0 Å². The van der Waals surface area contributed by atoms with Gasteiger partial charge in [0.1, 0.15) is 18.0 Å². The van der Waals surface area contributed by atoms with Crippen LogP contribution in [0, 0.1) is 11.8 Å². The highest BCUT2D eigenvalue weighted by Crippen LogP contribution is 2.54. The Balaban J connectivity index is 1.31. The van der Waals surface area contributed by atoms with E-state index in [1.807, 2.05) is 30.3 Å². The fourth-order valence-electron chi connectivity index (χ4n) is 4.16. The molecule has 3 aliphatic heterocycles. The molecule has 5 heteroatoms. The van der Waals surface area contributed by atoms with Crippen molar-refractivity contribution < 1.29 is 24.1 Å². The zero-order chi connectivity index (χ0) is 17.2. The summed E-state index contributed by atoms with van der Waals surface area (Å²) in [6, 6.07) is 9.88. The average molecular weight is 344 g/mol. The van der Waals surface area contributed by atoms with E-state index in [2.05, 4.69) is 12.2 Å². The van der Waals surface area contributed by atoms with Gasteiger partial charge in [-0.1, -0.05) is 30.4 Å². The van der Waals surface area contributed by atoms with Gasteiger partial charge in [0.15, 0.2) is 0 Å². The highest BCUT2D eigenvalue weighted by atomic mass is 16.7. The van der Waals surface area contributed by atoms with Crippen molar-refractivity contribution in [3.8, 4) is 5.75 Å². The summed E-state index contributed by atoms with van der Waals surface area (Å²) in [6.07, 6.45) is 7.81. The largest absolute Gasteiger partial charge is 0.493 e. The van der Waals surface area contributed by atoms with Gasteiger partial charge in [-0.05, 0) is 37.3 Å². The Kier molecular flexibility index (Phi) is 4.77. The molecule has 0 radical (unpaired) electrons. The van der Waals surface area contributed by atoms with Crippen LogP contribution >= 0.6 is 0 Å². The van der Waals surface area contributed by atoms with Crippen LogP contribution < -0.4 is 4.74 Å². The van der Waals surface area contributed by atoms with E-state index in [0.29, 0.717) is 24.9 Å². The van der Waals surface area contributed by atoms with Crippen molar-refractivity contribution in [3.63, 3.8) is 0 Å². The molecule has 5 nitrogen and oxygen atoms in total. The van der Waals surface area contributed by atoms with Gasteiger partial charge in [-0.25, -0.2) is 0 Å². The number of hydrogen-bond donors (Lipinski definition) is 1. The van der Waals surface area contributed by atoms with Crippen LogP contribution in [0.4, 0.5) is 0 Å². The first-order valence-corrected chi connectivity index (χ1v) is 9.09. The van der Waals surface area contributed by atoms with Crippen LogP contribution in [0.2, 0.25) is 0 Å². The lowest BCUT2D eigenvalue weighted by Crippen LogP contribution is -2.36. The summed E-state index contributed by atoms with van der Waals surface area (Å²) in [6.45, 7) is 0.648. The minimum Gasteiger partial charge on any atom is -0.493 e. The van der Waals surface area contributed by atoms with Crippen LogP contribution in [0.15, 0.2) is 42.5 Å². The Labute approximate surface area is 147 Å². The number of para-hydroxylation sites is 1. The number of ether oxygens (including phenoxy) is 3. The normalized spacial score (nSPS) is 35.0. The molecule has 1 aromatic carbocycles. The third-order valence-corrected chi connectivity index (χ3v) is 5.44. The lowest BCUT2D eigenvalue weighted by atomic mass is 9.78. The average Bonchev–Trinajstić information content (AvgIpc) is 3.24. The molecule has 3 heterocycles. The lowest BCUT2D eigenvalue weighted by Gasteiger charge is -2.25. The molecule has 3 fully saturated rings. The number of fused-ring (bicyclic) bond motifs is 5. The number of carboxylic acid groups (broad SMARTS) is 1. The fraction of sp³-hybridized carbons (Fsp3) is 0.550. The van der Waals surface area contributed by atoms with Crippen molar-refractivity contribution in [2.45, 2.75) is 50.1 Å². The van der Waals surface area contributed by atoms with Crippen molar-refractivity contribution in [1.82, 2.24) is 0 Å². The van der Waals surface area contributed by atoms with Crippen LogP contribution in [0.3, 0.4) is 0 Å². The van der Waals surface area contributed by atoms with E-state index in [1.54, 1.807) is 0 Å². The van der Waals surface area contributed by atoms with Gasteiger partial charge in [0.2, 0.25) is 0 Å². The van der Waals surface area contributed by atoms with E-state index in [0.717, 1.165) is 18.6 Å². The third kappa shape index (κ3) is 3.58. The fourth-order valence-corrected chi connectivity index (χ4v) is 4.16. The van der Waals surface area contributed by atoms with Crippen molar-refractivity contribution in [1.29, 1.82) is 0 Å². The number of carboxylic acids is 1. The molecular formula is C20H24O5. The monoisotopic (exact) mass is 344 g/mol. The van der Waals surface area contributed by atoms with Gasteiger partial charge in [0.25, 0.3) is 0 Å². The smallest absolute Gasteiger partial charge is 0.303 e. The molecule has 3 aliphatic rings. The molecule has 2 bridgehead atoms. The Morgan fingerprint density at radius 2 is 1.76 bits per heavy atom. The van der Waals surface area contributed by atoms with E-state index >= 15 is 0 Å². The van der Waals surface area contributed by atoms with E-state index in [1.165, 1.54) is 0 Å². The third-order valence-electron chi connectivity index (χ3n) is 5.44. The van der Waals surface area contributed by atoms with Crippen molar-refractivity contribution in [2.75, 3.05) is 6.61 Å². The molecule has 3 saturated heterocycles. The molecule has 1 N–H and O–H groups in total. The first-order chi connectivity index (χ1) is 12.2. The summed E-state index contributed by atoms with van der Waals surface area (Å²) in [5.74, 6) is 0.914. The molecule has 134 valence electrons. The quantitative estimate of drug-likeness (QED) is 0.424. The van der Waals surface area contributed by atoms with Crippen molar-refractivity contribution >= 4 is 5.97 Å². The molecular weight excluding hydrogens is 320 g/mol. The second-order valence-electron chi connectivity index (χ2n) is 7.08. The number of hydrogen-bond acceptors (Lipinski definition) is 4. The highest BCUT2D eigenvalue weighted by molar-refractivity contribution is 5.66. The molecule has 0 aromatic heterocycles. The number of benzene rings is 1. The molecule has 4 rings (SSSR count). The van der Waals surface area contributed by atoms with Gasteiger partial charge < -0.3 is 19.3 Å². The summed E-state index contributed by atoms with van der Waals surface area (Å²) in [5.41, 5.74) is 0. The van der Waals surface area contributed by atoms with E-state index in [9.17, 15) is 4.79 Å². The van der Waals surface area contributed by atoms with Gasteiger partial charge in [0, 0.05) is 12.3 Å². The van der Waals surface area contributed by atoms with Crippen LogP contribution in [-0.4, -0.2) is 42.1 Å². The number of aliphatic carboxylic acids is 1. The Bertz CT molecular complexity index is 628. The second kappa shape index (κ2) is 7.18. The standard InChI is InChI=1S/C20H24O5/c21-16(22)11-7-2-1-6-10-14-15(12-23-13-8-4-3-5-9-13)18-20-19(25-20)17(14)24-18/h1,3-6,8-9,14-15,17-20H,2,7,10-12H2,(H,21,22)/t14-,15+,17+,18-,19-,20+/m0/s1. The van der Waals surface area contributed by atoms with Gasteiger partial charge in [-0.2, -0.15) is 0 Å². The van der Waals surface area contributed by atoms with Crippen molar-refractivity contribution in [3.05, 3.63) is 42.5 Å². The summed E-state index contributed by atoms with van der Waals surface area (Å²) < 4.78 is 17.9. The summed E-state index contributed by atoms with van der Waals surface area (Å²) >= 11 is 0. The van der Waals surface area contributed by atoms with Crippen molar-refractivity contribution in [2.24, 2.45) is 11.8 Å². The SMILES string of the molecule is O=C(O)CCCC=CC[C@H]1[C@@H](COc2ccccc2)[C@@H]2O[C@H]1[C@@H]1O[C@@H]12. The number of rotatable bonds is 9. The minimum absolute atomic E-state index is 0.157. The lowest BCUT2D eigenvalue weighted by molar-refractivity contribution is -0.137. The second-order valence-corrected chi connectivity index (χ2v) is 7.08. The molecule has 0 saturated carbocycles. The molecule has 1 aromatic rings. The number of allylic oxidation sites excluding steroid dienone is 2. The Morgan fingerprint density at radius 3 is 2.52 bits per heavy atom. The predicted octanol–water partition coefficient (Wildman–Crippen LogP) is 3.05. The maximum atomic E-state index is 10.5. The Hall–Kier alpha value is -1.85. The molecule has 0 spiro atoms. The number of epoxide rings is 1. The first kappa shape index (κ1) is 16.6. The molecule has 25 heavy (non-hydrogen) atoms. The predicted molar refractivity (Wildman–Crippen MR) is 91.5 cm³/mol. The summed E-state index contributed by atoms with van der Waals surface area (Å²) in [5, 5.41) is 8.67. The van der Waals surface area contributed by atoms with Gasteiger partial charge in [0.05, 0.1) is 18.8 Å².